The van der Waals surface area contributed by atoms with Gasteiger partial charge < -0.3 is 5.11 Å². The van der Waals surface area contributed by atoms with Crippen LogP contribution in [0, 0.1) is 5.92 Å². The quantitative estimate of drug-likeness (QED) is 0.705. The molecule has 0 spiro atoms. The van der Waals surface area contributed by atoms with Gasteiger partial charge in [-0.2, -0.15) is 0 Å². The van der Waals surface area contributed by atoms with E-state index in [0.29, 0.717) is 6.04 Å². The summed E-state index contributed by atoms with van der Waals surface area (Å²) in [6.45, 7) is 7.30. The average Bonchev–Trinajstić information content (AvgIpc) is 2.87. The Kier molecular flexibility index (Phi) is 4.58. The summed E-state index contributed by atoms with van der Waals surface area (Å²) in [7, 11) is 0. The van der Waals surface area contributed by atoms with Crippen molar-refractivity contribution in [3.63, 3.8) is 0 Å². The van der Waals surface area contributed by atoms with Crippen molar-refractivity contribution < 1.29 is 9.90 Å². The van der Waals surface area contributed by atoms with Crippen LogP contribution in [0.15, 0.2) is 0 Å². The van der Waals surface area contributed by atoms with Crippen molar-refractivity contribution in [1.82, 2.24) is 4.90 Å². The van der Waals surface area contributed by atoms with Crippen LogP contribution in [0.25, 0.3) is 0 Å². The summed E-state index contributed by atoms with van der Waals surface area (Å²) in [6.07, 6.45) is 4.23. The van der Waals surface area contributed by atoms with Crippen molar-refractivity contribution >= 4 is 5.97 Å². The number of carbonyl (C=O) groups is 1. The minimum absolute atomic E-state index is 0.154. The lowest BCUT2D eigenvalue weighted by Gasteiger charge is -2.33. The van der Waals surface area contributed by atoms with Crippen LogP contribution in [-0.2, 0) is 4.79 Å². The lowest BCUT2D eigenvalue weighted by Crippen LogP contribution is -2.41. The Morgan fingerprint density at radius 3 is 2.40 bits per heavy atom. The molecule has 0 bridgehead atoms. The van der Waals surface area contributed by atoms with Crippen LogP contribution < -0.4 is 0 Å². The van der Waals surface area contributed by atoms with Crippen LogP contribution in [0.3, 0.4) is 0 Å². The van der Waals surface area contributed by atoms with Crippen LogP contribution in [0.5, 0.6) is 0 Å². The van der Waals surface area contributed by atoms with Gasteiger partial charge in [0, 0.05) is 12.1 Å². The molecule has 15 heavy (non-hydrogen) atoms. The third-order valence-corrected chi connectivity index (χ3v) is 3.34. The van der Waals surface area contributed by atoms with Gasteiger partial charge in [-0.25, -0.2) is 0 Å². The Hall–Kier alpha value is -0.570. The van der Waals surface area contributed by atoms with Gasteiger partial charge in [-0.05, 0) is 32.7 Å². The summed E-state index contributed by atoms with van der Waals surface area (Å²) in [4.78, 5) is 13.0. The maximum Gasteiger partial charge on any atom is 0.304 e. The molecule has 3 nitrogen and oxygen atoms in total. The van der Waals surface area contributed by atoms with Gasteiger partial charge in [0.25, 0.3) is 0 Å². The number of hydrogen-bond acceptors (Lipinski definition) is 2. The molecule has 1 rings (SSSR count). The maximum atomic E-state index is 10.7. The van der Waals surface area contributed by atoms with Crippen molar-refractivity contribution in [2.75, 3.05) is 6.54 Å². The molecule has 1 aliphatic carbocycles. The molecule has 0 aromatic carbocycles. The average molecular weight is 213 g/mol. The number of carboxylic acids is 1. The standard InChI is InChI=1S/C12H23NO2/c1-4-13(10(3)8-12(14)15)9(2)7-11-5-6-11/h9-11H,4-8H2,1-3H3,(H,14,15). The molecule has 0 amide bonds. The van der Waals surface area contributed by atoms with E-state index in [-0.39, 0.29) is 12.5 Å². The lowest BCUT2D eigenvalue weighted by molar-refractivity contribution is -0.138. The van der Waals surface area contributed by atoms with Gasteiger partial charge in [0.2, 0.25) is 0 Å². The molecular formula is C12H23NO2. The number of carboxylic acid groups (broad SMARTS) is 1. The van der Waals surface area contributed by atoms with Crippen molar-refractivity contribution in [1.29, 1.82) is 0 Å². The number of rotatable bonds is 7. The first-order valence-corrected chi connectivity index (χ1v) is 6.02. The number of aliphatic carboxylic acids is 1. The summed E-state index contributed by atoms with van der Waals surface area (Å²) in [5, 5.41) is 8.78. The lowest BCUT2D eigenvalue weighted by atomic mass is 10.1. The molecule has 0 aliphatic heterocycles. The van der Waals surface area contributed by atoms with Gasteiger partial charge in [-0.1, -0.05) is 19.8 Å². The highest BCUT2D eigenvalue weighted by atomic mass is 16.4. The Balaban J connectivity index is 2.40. The molecule has 1 saturated carbocycles. The van der Waals surface area contributed by atoms with E-state index in [1.807, 2.05) is 6.92 Å². The van der Waals surface area contributed by atoms with Crippen LogP contribution in [0.4, 0.5) is 0 Å². The SMILES string of the molecule is CCN(C(C)CC(=O)O)C(C)CC1CC1. The van der Waals surface area contributed by atoms with Crippen molar-refractivity contribution in [3.05, 3.63) is 0 Å². The summed E-state index contributed by atoms with van der Waals surface area (Å²) < 4.78 is 0. The fraction of sp³-hybridized carbons (Fsp3) is 0.917. The maximum absolute atomic E-state index is 10.7. The molecule has 0 radical (unpaired) electrons. The molecule has 3 heteroatoms. The Bertz CT molecular complexity index is 214. The van der Waals surface area contributed by atoms with Gasteiger partial charge >= 0.3 is 5.97 Å². The van der Waals surface area contributed by atoms with Crippen LogP contribution in [-0.4, -0.2) is 34.6 Å². The van der Waals surface area contributed by atoms with Crippen molar-refractivity contribution in [2.24, 2.45) is 5.92 Å². The molecule has 2 unspecified atom stereocenters. The van der Waals surface area contributed by atoms with E-state index >= 15 is 0 Å². The largest absolute Gasteiger partial charge is 0.481 e. The number of nitrogens with zero attached hydrogens (tertiary/aromatic N) is 1. The predicted molar refractivity (Wildman–Crippen MR) is 60.9 cm³/mol. The van der Waals surface area contributed by atoms with E-state index in [1.165, 1.54) is 19.3 Å². The fourth-order valence-corrected chi connectivity index (χ4v) is 2.40. The van der Waals surface area contributed by atoms with E-state index in [4.69, 9.17) is 5.11 Å². The zero-order valence-corrected chi connectivity index (χ0v) is 10.1. The van der Waals surface area contributed by atoms with E-state index in [2.05, 4.69) is 18.7 Å². The second-order valence-corrected chi connectivity index (χ2v) is 4.81. The van der Waals surface area contributed by atoms with Gasteiger partial charge in [-0.3, -0.25) is 9.69 Å². The van der Waals surface area contributed by atoms with Crippen molar-refractivity contribution in [3.8, 4) is 0 Å². The summed E-state index contributed by atoms with van der Waals surface area (Å²) >= 11 is 0. The van der Waals surface area contributed by atoms with Gasteiger partial charge in [0.05, 0.1) is 6.42 Å². The summed E-state index contributed by atoms with van der Waals surface area (Å²) in [5.74, 6) is 0.214. The second kappa shape index (κ2) is 5.50. The van der Waals surface area contributed by atoms with E-state index < -0.39 is 5.97 Å². The van der Waals surface area contributed by atoms with Gasteiger partial charge in [-0.15, -0.1) is 0 Å². The molecule has 0 heterocycles. The molecule has 0 aromatic heterocycles. The van der Waals surface area contributed by atoms with Crippen LogP contribution in [0.1, 0.15) is 46.5 Å². The van der Waals surface area contributed by atoms with Crippen LogP contribution >= 0.6 is 0 Å². The molecular weight excluding hydrogens is 190 g/mol. The Morgan fingerprint density at radius 2 is 2.00 bits per heavy atom. The molecule has 0 aromatic rings. The molecule has 2 atom stereocenters. The third-order valence-electron chi connectivity index (χ3n) is 3.34. The first-order chi connectivity index (χ1) is 7.04. The summed E-state index contributed by atoms with van der Waals surface area (Å²) in [5.41, 5.74) is 0. The smallest absolute Gasteiger partial charge is 0.304 e. The number of hydrogen-bond donors (Lipinski definition) is 1. The second-order valence-electron chi connectivity index (χ2n) is 4.81. The van der Waals surface area contributed by atoms with E-state index in [9.17, 15) is 4.79 Å². The monoisotopic (exact) mass is 213 g/mol. The Labute approximate surface area is 92.5 Å². The predicted octanol–water partition coefficient (Wildman–Crippen LogP) is 2.36. The first-order valence-electron chi connectivity index (χ1n) is 6.02. The molecule has 0 saturated heterocycles. The summed E-state index contributed by atoms with van der Waals surface area (Å²) in [6, 6.07) is 0.679. The Morgan fingerprint density at radius 1 is 1.40 bits per heavy atom. The third kappa shape index (κ3) is 4.20. The molecule has 1 fully saturated rings. The highest BCUT2D eigenvalue weighted by molar-refractivity contribution is 5.67. The molecule has 88 valence electrons. The molecule has 1 N–H and O–H groups in total. The highest BCUT2D eigenvalue weighted by Crippen LogP contribution is 2.34. The van der Waals surface area contributed by atoms with Crippen LogP contribution in [0.2, 0.25) is 0 Å². The topological polar surface area (TPSA) is 40.5 Å². The molecule has 1 aliphatic rings. The minimum atomic E-state index is -0.695. The fourth-order valence-electron chi connectivity index (χ4n) is 2.40. The normalized spacial score (nSPS) is 20.3. The van der Waals surface area contributed by atoms with E-state index in [0.717, 1.165) is 12.5 Å². The minimum Gasteiger partial charge on any atom is -0.481 e. The van der Waals surface area contributed by atoms with Gasteiger partial charge in [0.15, 0.2) is 0 Å². The zero-order valence-electron chi connectivity index (χ0n) is 10.1. The van der Waals surface area contributed by atoms with E-state index in [1.54, 1.807) is 0 Å². The van der Waals surface area contributed by atoms with Gasteiger partial charge in [0.1, 0.15) is 0 Å². The zero-order chi connectivity index (χ0) is 11.4. The first kappa shape index (κ1) is 12.5. The highest BCUT2D eigenvalue weighted by Gasteiger charge is 2.28. The van der Waals surface area contributed by atoms with Crippen molar-refractivity contribution in [2.45, 2.75) is 58.5 Å².